The number of aliphatic hydroxyl groups excluding tert-OH is 1. The normalized spacial score (nSPS) is 36.8. The van der Waals surface area contributed by atoms with Gasteiger partial charge in [-0.1, -0.05) is 44.6 Å². The Morgan fingerprint density at radius 1 is 1.02 bits per heavy atom. The van der Waals surface area contributed by atoms with Crippen molar-refractivity contribution in [2.24, 2.45) is 45.5 Å². The number of esters is 2. The van der Waals surface area contributed by atoms with Gasteiger partial charge in [0.2, 0.25) is 0 Å². The van der Waals surface area contributed by atoms with Gasteiger partial charge in [-0.3, -0.25) is 18.7 Å². The minimum Gasteiger partial charge on any atom is -0.481 e. The molecule has 326 valence electrons. The van der Waals surface area contributed by atoms with E-state index in [9.17, 15) is 50.5 Å². The standard InChI is InChI=1S/C37H49N3O17S2/c1-18(2)13-28(41)55-31-30(57-59(49,50)51)29(56-58(46,47)48)26(17-52-34(45)20-5-8-22(9-6-20)39-40-38)54-35(31)53-23-14-24(33(43)44)25-11-12-37-15-21(19(3)32(37)42)7-10-27(37)36(25,4)16-23/h5-6,8-9,18,21,23-27,29-32,35,42H,3,7,10-17H2,1-2,4H3,(H,43,44)(H,46,47,48)(H,49,50,51). The second-order valence-electron chi connectivity index (χ2n) is 16.9. The lowest BCUT2D eigenvalue weighted by molar-refractivity contribution is -0.315. The van der Waals surface area contributed by atoms with Gasteiger partial charge in [0.05, 0.1) is 23.7 Å². The monoisotopic (exact) mass is 871 g/mol. The molecule has 1 heterocycles. The zero-order chi connectivity index (χ0) is 43.2. The van der Waals surface area contributed by atoms with E-state index in [0.29, 0.717) is 25.7 Å². The fourth-order valence-electron chi connectivity index (χ4n) is 10.8. The van der Waals surface area contributed by atoms with Crippen LogP contribution in [0.15, 0.2) is 41.5 Å². The molecule has 2 bridgehead atoms. The van der Waals surface area contributed by atoms with Crippen molar-refractivity contribution in [2.75, 3.05) is 6.61 Å². The molecular formula is C37H49N3O17S2. The third-order valence-corrected chi connectivity index (χ3v) is 13.9. The van der Waals surface area contributed by atoms with Gasteiger partial charge in [-0.05, 0) is 97.3 Å². The predicted molar refractivity (Wildman–Crippen MR) is 201 cm³/mol. The molecule has 4 aliphatic carbocycles. The van der Waals surface area contributed by atoms with Gasteiger partial charge >= 0.3 is 38.7 Å². The Balaban J connectivity index is 1.37. The number of nitrogens with zero attached hydrogens (tertiary/aromatic N) is 3. The van der Waals surface area contributed by atoms with Gasteiger partial charge in [-0.15, -0.1) is 0 Å². The number of carbonyl (C=O) groups is 3. The highest BCUT2D eigenvalue weighted by molar-refractivity contribution is 7.81. The molecule has 5 aliphatic rings. The Labute approximate surface area is 341 Å². The molecule has 0 aromatic heterocycles. The van der Waals surface area contributed by atoms with Crippen molar-refractivity contribution in [3.63, 3.8) is 0 Å². The van der Waals surface area contributed by atoms with E-state index in [4.69, 9.17) is 32.8 Å². The lowest BCUT2D eigenvalue weighted by Gasteiger charge is -2.62. The molecule has 0 amide bonds. The van der Waals surface area contributed by atoms with Crippen LogP contribution in [0.1, 0.15) is 82.5 Å². The maximum absolute atomic E-state index is 13.2. The average Bonchev–Trinajstić information content (AvgIpc) is 3.30. The van der Waals surface area contributed by atoms with Crippen LogP contribution in [0.25, 0.3) is 10.4 Å². The van der Waals surface area contributed by atoms with Gasteiger partial charge in [-0.25, -0.2) is 13.2 Å². The number of azide groups is 1. The van der Waals surface area contributed by atoms with Crippen LogP contribution in [0.3, 0.4) is 0 Å². The highest BCUT2D eigenvalue weighted by Gasteiger charge is 2.67. The molecule has 1 aromatic rings. The summed E-state index contributed by atoms with van der Waals surface area (Å²) >= 11 is 0. The first kappa shape index (κ1) is 44.8. The second kappa shape index (κ2) is 17.0. The van der Waals surface area contributed by atoms with Gasteiger partial charge in [0, 0.05) is 22.4 Å². The minimum absolute atomic E-state index is 0.0797. The first-order chi connectivity index (χ1) is 27.5. The van der Waals surface area contributed by atoms with E-state index in [2.05, 4.69) is 16.6 Å². The molecule has 6 rings (SSSR count). The number of ether oxygens (including phenoxy) is 4. The van der Waals surface area contributed by atoms with Crippen LogP contribution in [-0.2, 0) is 57.7 Å². The van der Waals surface area contributed by atoms with E-state index >= 15 is 0 Å². The second-order valence-corrected chi connectivity index (χ2v) is 19.0. The van der Waals surface area contributed by atoms with E-state index in [0.717, 1.165) is 12.0 Å². The summed E-state index contributed by atoms with van der Waals surface area (Å²) in [5.41, 5.74) is 8.28. The third kappa shape index (κ3) is 9.46. The summed E-state index contributed by atoms with van der Waals surface area (Å²) in [6.45, 7) is 8.57. The van der Waals surface area contributed by atoms with Crippen LogP contribution in [-0.4, -0.2) is 104 Å². The molecule has 4 saturated carbocycles. The van der Waals surface area contributed by atoms with E-state index < -0.39 is 105 Å². The molecule has 1 spiro atoms. The topological polar surface area (TPSA) is 305 Å². The maximum atomic E-state index is 13.2. The predicted octanol–water partition coefficient (Wildman–Crippen LogP) is 4.47. The minimum atomic E-state index is -5.55. The highest BCUT2D eigenvalue weighted by atomic mass is 32.3. The number of hydrogen-bond donors (Lipinski definition) is 4. The van der Waals surface area contributed by atoms with E-state index in [1.54, 1.807) is 13.8 Å². The summed E-state index contributed by atoms with van der Waals surface area (Å²) in [6.07, 6.45) is -9.11. The Morgan fingerprint density at radius 3 is 2.29 bits per heavy atom. The zero-order valence-corrected chi connectivity index (χ0v) is 34.2. The van der Waals surface area contributed by atoms with Crippen LogP contribution in [0.2, 0.25) is 0 Å². The molecule has 1 aromatic carbocycles. The summed E-state index contributed by atoms with van der Waals surface area (Å²) in [5.74, 6) is -4.68. The lowest BCUT2D eigenvalue weighted by atomic mass is 9.43. The molecule has 13 unspecified atom stereocenters. The van der Waals surface area contributed by atoms with Crippen LogP contribution >= 0.6 is 0 Å². The summed E-state index contributed by atoms with van der Waals surface area (Å²) in [6, 6.07) is 5.10. The zero-order valence-electron chi connectivity index (χ0n) is 32.6. The van der Waals surface area contributed by atoms with Crippen molar-refractivity contribution < 1.29 is 77.9 Å². The molecule has 1 saturated heterocycles. The molecular weight excluding hydrogens is 823 g/mol. The number of carboxylic acid groups (broad SMARTS) is 1. The Kier molecular flexibility index (Phi) is 12.9. The number of carboxylic acids is 1. The molecule has 13 atom stereocenters. The molecule has 5 fully saturated rings. The average molecular weight is 872 g/mol. The molecule has 0 radical (unpaired) electrons. The fraction of sp³-hybridized carbons (Fsp3) is 0.703. The summed E-state index contributed by atoms with van der Waals surface area (Å²) < 4.78 is 102. The van der Waals surface area contributed by atoms with Gasteiger partial charge in [-0.2, -0.15) is 16.8 Å². The van der Waals surface area contributed by atoms with Crippen molar-refractivity contribution in [1.82, 2.24) is 0 Å². The molecule has 20 nitrogen and oxygen atoms in total. The van der Waals surface area contributed by atoms with E-state index in [-0.39, 0.29) is 54.2 Å². The van der Waals surface area contributed by atoms with Crippen molar-refractivity contribution >= 4 is 44.4 Å². The Hall–Kier alpha value is -3.70. The number of aliphatic carboxylic acids is 1. The number of hydrogen-bond acceptors (Lipinski definition) is 15. The van der Waals surface area contributed by atoms with Gasteiger partial charge in [0.15, 0.2) is 18.5 Å². The summed E-state index contributed by atoms with van der Waals surface area (Å²) in [5, 5.41) is 25.6. The molecule has 22 heteroatoms. The van der Waals surface area contributed by atoms with Gasteiger partial charge in [0.1, 0.15) is 18.8 Å². The van der Waals surface area contributed by atoms with Gasteiger partial charge < -0.3 is 29.2 Å². The van der Waals surface area contributed by atoms with E-state index in [1.165, 1.54) is 24.3 Å². The van der Waals surface area contributed by atoms with Crippen molar-refractivity contribution in [1.29, 1.82) is 0 Å². The van der Waals surface area contributed by atoms with Crippen LogP contribution in [0.4, 0.5) is 5.69 Å². The van der Waals surface area contributed by atoms with Crippen LogP contribution < -0.4 is 0 Å². The number of carbonyl (C=O) groups excluding carboxylic acids is 2. The SMILES string of the molecule is C=C1C2CCC3C4(C)CC(OC5OC(COC(=O)c6ccc(N=[N+]=[N-])cc6)C(OS(=O)(=O)O)C(OS(=O)(=O)O)C5OC(=O)CC(C)C)CC(C(=O)O)C4CCC3(C2)C1O. The van der Waals surface area contributed by atoms with Gasteiger partial charge in [0.25, 0.3) is 0 Å². The van der Waals surface area contributed by atoms with Crippen molar-refractivity contribution in [2.45, 2.75) is 115 Å². The van der Waals surface area contributed by atoms with E-state index in [1.807, 2.05) is 6.92 Å². The van der Waals surface area contributed by atoms with Crippen molar-refractivity contribution in [3.8, 4) is 0 Å². The van der Waals surface area contributed by atoms with Crippen molar-refractivity contribution in [3.05, 3.63) is 52.4 Å². The maximum Gasteiger partial charge on any atom is 0.397 e. The molecule has 1 aliphatic heterocycles. The number of fused-ring (bicyclic) bond motifs is 3. The molecule has 59 heavy (non-hydrogen) atoms. The smallest absolute Gasteiger partial charge is 0.397 e. The first-order valence-electron chi connectivity index (χ1n) is 19.3. The number of benzene rings is 1. The fourth-order valence-corrected chi connectivity index (χ4v) is 11.8. The quantitative estimate of drug-likeness (QED) is 0.0381. The Morgan fingerprint density at radius 2 is 1.68 bits per heavy atom. The lowest BCUT2D eigenvalue weighted by Crippen LogP contribution is -2.64. The number of aliphatic hydroxyl groups is 1. The third-order valence-electron chi connectivity index (χ3n) is 13.0. The van der Waals surface area contributed by atoms with Crippen LogP contribution in [0, 0.1) is 40.4 Å². The highest BCUT2D eigenvalue weighted by Crippen LogP contribution is 2.70. The number of rotatable bonds is 14. The largest absolute Gasteiger partial charge is 0.481 e. The summed E-state index contributed by atoms with van der Waals surface area (Å²) in [7, 11) is -11.1. The first-order valence-corrected chi connectivity index (χ1v) is 22.0. The summed E-state index contributed by atoms with van der Waals surface area (Å²) in [4.78, 5) is 42.0. The van der Waals surface area contributed by atoms with Crippen LogP contribution in [0.5, 0.6) is 0 Å². The molecule has 4 N–H and O–H groups in total. The Bertz CT molecular complexity index is 2080.